The molecule has 1 aromatic heterocycles. The lowest BCUT2D eigenvalue weighted by atomic mass is 10.1. The molecule has 0 amide bonds. The van der Waals surface area contributed by atoms with Gasteiger partial charge in [0.2, 0.25) is 5.95 Å². The van der Waals surface area contributed by atoms with Crippen molar-refractivity contribution in [3.05, 3.63) is 11.9 Å². The number of nitrogens with zero attached hydrogens (tertiary/aromatic N) is 2. The van der Waals surface area contributed by atoms with E-state index in [1.165, 1.54) is 19.3 Å². The van der Waals surface area contributed by atoms with Crippen LogP contribution in [0, 0.1) is 12.8 Å². The summed E-state index contributed by atoms with van der Waals surface area (Å²) < 4.78 is 2.31. The maximum atomic E-state index is 4.55. The molecular weight excluding hydrogens is 198 g/mol. The highest BCUT2D eigenvalue weighted by Crippen LogP contribution is 2.37. The number of anilines is 1. The van der Waals surface area contributed by atoms with Gasteiger partial charge in [0.05, 0.1) is 5.69 Å². The zero-order valence-corrected chi connectivity index (χ0v) is 10.7. The second-order valence-electron chi connectivity index (χ2n) is 5.07. The Bertz CT molecular complexity index is 339. The molecule has 90 valence electrons. The van der Waals surface area contributed by atoms with Gasteiger partial charge >= 0.3 is 0 Å². The lowest BCUT2D eigenvalue weighted by Crippen LogP contribution is -2.11. The first-order valence-corrected chi connectivity index (χ1v) is 6.50. The van der Waals surface area contributed by atoms with E-state index in [1.54, 1.807) is 0 Å². The number of imidazole rings is 1. The Hall–Kier alpha value is -0.990. The molecule has 1 aliphatic carbocycles. The van der Waals surface area contributed by atoms with Gasteiger partial charge in [-0.15, -0.1) is 0 Å². The molecular formula is C13H23N3. The number of hydrogen-bond donors (Lipinski definition) is 1. The third-order valence-corrected chi connectivity index (χ3v) is 3.23. The van der Waals surface area contributed by atoms with Crippen molar-refractivity contribution in [1.82, 2.24) is 9.55 Å². The van der Waals surface area contributed by atoms with Gasteiger partial charge in [-0.2, -0.15) is 0 Å². The van der Waals surface area contributed by atoms with E-state index in [0.717, 1.165) is 30.5 Å². The van der Waals surface area contributed by atoms with E-state index < -0.39 is 0 Å². The third kappa shape index (κ3) is 2.77. The molecule has 0 aliphatic heterocycles. The lowest BCUT2D eigenvalue weighted by molar-refractivity contribution is 0.480. The molecule has 1 atom stereocenters. The van der Waals surface area contributed by atoms with E-state index in [4.69, 9.17) is 0 Å². The summed E-state index contributed by atoms with van der Waals surface area (Å²) in [5.41, 5.74) is 1.11. The molecule has 3 heteroatoms. The van der Waals surface area contributed by atoms with Gasteiger partial charge in [-0.25, -0.2) is 4.98 Å². The van der Waals surface area contributed by atoms with Crippen molar-refractivity contribution in [1.29, 1.82) is 0 Å². The highest BCUT2D eigenvalue weighted by molar-refractivity contribution is 5.29. The Labute approximate surface area is 98.3 Å². The maximum Gasteiger partial charge on any atom is 0.203 e. The molecule has 0 spiro atoms. The van der Waals surface area contributed by atoms with Gasteiger partial charge in [-0.3, -0.25) is 0 Å². The molecule has 0 bridgehead atoms. The van der Waals surface area contributed by atoms with Crippen LogP contribution in [-0.2, 0) is 0 Å². The highest BCUT2D eigenvalue weighted by Gasteiger charge is 2.25. The minimum atomic E-state index is 0.577. The quantitative estimate of drug-likeness (QED) is 0.798. The molecule has 0 aromatic carbocycles. The molecule has 1 fully saturated rings. The zero-order chi connectivity index (χ0) is 11.5. The van der Waals surface area contributed by atoms with Crippen LogP contribution < -0.4 is 5.32 Å². The fourth-order valence-electron chi connectivity index (χ4n) is 2.17. The topological polar surface area (TPSA) is 29.9 Å². The Morgan fingerprint density at radius 3 is 2.94 bits per heavy atom. The molecule has 2 rings (SSSR count). The third-order valence-electron chi connectivity index (χ3n) is 3.23. The molecule has 1 aromatic rings. The second-order valence-corrected chi connectivity index (χ2v) is 5.07. The van der Waals surface area contributed by atoms with Crippen LogP contribution >= 0.6 is 0 Å². The molecule has 0 radical (unpaired) electrons. The summed E-state index contributed by atoms with van der Waals surface area (Å²) in [6.07, 6.45) is 7.47. The Balaban J connectivity index is 2.04. The zero-order valence-electron chi connectivity index (χ0n) is 10.7. The largest absolute Gasteiger partial charge is 0.356 e. The summed E-state index contributed by atoms with van der Waals surface area (Å²) >= 11 is 0. The maximum absolute atomic E-state index is 4.55. The average Bonchev–Trinajstić information content (AvgIpc) is 2.97. The van der Waals surface area contributed by atoms with Crippen LogP contribution in [0.4, 0.5) is 5.95 Å². The van der Waals surface area contributed by atoms with E-state index in [1.807, 2.05) is 0 Å². The smallest absolute Gasteiger partial charge is 0.203 e. The molecule has 16 heavy (non-hydrogen) atoms. The van der Waals surface area contributed by atoms with Gasteiger partial charge in [0.25, 0.3) is 0 Å². The Morgan fingerprint density at radius 2 is 2.31 bits per heavy atom. The standard InChI is InChI=1S/C13H23N3/c1-4-7-14-13-15-10(2)9-16(13)11(3)8-12-5-6-12/h9,11-12H,4-8H2,1-3H3,(H,14,15). The minimum Gasteiger partial charge on any atom is -0.356 e. The first-order chi connectivity index (χ1) is 7.70. The fraction of sp³-hybridized carbons (Fsp3) is 0.769. The van der Waals surface area contributed by atoms with Crippen LogP contribution in [0.3, 0.4) is 0 Å². The predicted octanol–water partition coefficient (Wildman–Crippen LogP) is 3.37. The Kier molecular flexibility index (Phi) is 3.52. The van der Waals surface area contributed by atoms with Gasteiger partial charge in [0.15, 0.2) is 0 Å². The van der Waals surface area contributed by atoms with Gasteiger partial charge in [0, 0.05) is 18.8 Å². The normalized spacial score (nSPS) is 17.4. The summed E-state index contributed by atoms with van der Waals surface area (Å²) in [6, 6.07) is 0.577. The fourth-order valence-corrected chi connectivity index (χ4v) is 2.17. The van der Waals surface area contributed by atoms with Crippen LogP contribution in [0.15, 0.2) is 6.20 Å². The van der Waals surface area contributed by atoms with Gasteiger partial charge in [-0.05, 0) is 32.6 Å². The van der Waals surface area contributed by atoms with E-state index in [2.05, 4.69) is 41.8 Å². The van der Waals surface area contributed by atoms with Crippen molar-refractivity contribution in [2.45, 2.75) is 52.5 Å². The molecule has 1 aliphatic rings. The van der Waals surface area contributed by atoms with Crippen molar-refractivity contribution in [2.75, 3.05) is 11.9 Å². The molecule has 3 nitrogen and oxygen atoms in total. The van der Waals surface area contributed by atoms with E-state index in [-0.39, 0.29) is 0 Å². The lowest BCUT2D eigenvalue weighted by Gasteiger charge is -2.16. The van der Waals surface area contributed by atoms with E-state index in [0.29, 0.717) is 6.04 Å². The van der Waals surface area contributed by atoms with Crippen molar-refractivity contribution >= 4 is 5.95 Å². The predicted molar refractivity (Wildman–Crippen MR) is 67.8 cm³/mol. The van der Waals surface area contributed by atoms with Gasteiger partial charge in [-0.1, -0.05) is 19.8 Å². The second kappa shape index (κ2) is 4.89. The van der Waals surface area contributed by atoms with Gasteiger partial charge in [0.1, 0.15) is 0 Å². The van der Waals surface area contributed by atoms with Crippen LogP contribution in [0.25, 0.3) is 0 Å². The summed E-state index contributed by atoms with van der Waals surface area (Å²) in [4.78, 5) is 4.55. The number of rotatable bonds is 6. The number of nitrogens with one attached hydrogen (secondary N) is 1. The number of aromatic nitrogens is 2. The molecule has 1 unspecified atom stereocenters. The van der Waals surface area contributed by atoms with Crippen LogP contribution in [-0.4, -0.2) is 16.1 Å². The van der Waals surface area contributed by atoms with Crippen LogP contribution in [0.2, 0.25) is 0 Å². The van der Waals surface area contributed by atoms with Crippen molar-refractivity contribution in [3.8, 4) is 0 Å². The monoisotopic (exact) mass is 221 g/mol. The van der Waals surface area contributed by atoms with E-state index >= 15 is 0 Å². The van der Waals surface area contributed by atoms with E-state index in [9.17, 15) is 0 Å². The molecule has 0 saturated heterocycles. The first-order valence-electron chi connectivity index (χ1n) is 6.50. The van der Waals surface area contributed by atoms with Crippen molar-refractivity contribution < 1.29 is 0 Å². The Morgan fingerprint density at radius 1 is 1.56 bits per heavy atom. The molecule has 1 heterocycles. The summed E-state index contributed by atoms with van der Waals surface area (Å²) in [5.74, 6) is 2.02. The van der Waals surface area contributed by atoms with Gasteiger partial charge < -0.3 is 9.88 Å². The number of hydrogen-bond acceptors (Lipinski definition) is 2. The highest BCUT2D eigenvalue weighted by atomic mass is 15.2. The van der Waals surface area contributed by atoms with Crippen molar-refractivity contribution in [2.24, 2.45) is 5.92 Å². The number of aryl methyl sites for hydroxylation is 1. The SMILES string of the molecule is CCCNc1nc(C)cn1C(C)CC1CC1. The van der Waals surface area contributed by atoms with Crippen LogP contribution in [0.1, 0.15) is 51.3 Å². The molecule has 1 N–H and O–H groups in total. The first kappa shape index (κ1) is 11.5. The minimum absolute atomic E-state index is 0.577. The average molecular weight is 221 g/mol. The van der Waals surface area contributed by atoms with Crippen LogP contribution in [0.5, 0.6) is 0 Å². The summed E-state index contributed by atoms with van der Waals surface area (Å²) in [6.45, 7) is 7.56. The summed E-state index contributed by atoms with van der Waals surface area (Å²) in [7, 11) is 0. The van der Waals surface area contributed by atoms with Crippen molar-refractivity contribution in [3.63, 3.8) is 0 Å². The molecule has 1 saturated carbocycles. The summed E-state index contributed by atoms with van der Waals surface area (Å²) in [5, 5.41) is 3.41.